The zero-order valence-corrected chi connectivity index (χ0v) is 15.1. The zero-order chi connectivity index (χ0) is 18.0. The maximum atomic E-state index is 12.7. The molecule has 3 heterocycles. The molecule has 138 valence electrons. The second-order valence-electron chi connectivity index (χ2n) is 7.47. The number of rotatable bonds is 4. The molecule has 7 heteroatoms. The highest BCUT2D eigenvalue weighted by atomic mass is 16.3. The van der Waals surface area contributed by atoms with Gasteiger partial charge in [-0.25, -0.2) is 4.79 Å². The number of H-pyrrole nitrogens is 1. The highest BCUT2D eigenvalue weighted by Crippen LogP contribution is 2.37. The number of aliphatic hydroxyl groups is 1. The standard InChI is InChI=1S/C18H28N4O3/c1-12-14(13(2)21-17(25)20-12)4-5-16(24)22-9-6-15-18(10-22,11-23)7-3-8-19-15/h15,19,23H,3-11H2,1-2H3,(H,20,21,25)/t15-,18-/m1/s1. The number of hydrogen-bond donors (Lipinski definition) is 3. The molecule has 2 saturated heterocycles. The molecule has 1 aromatic rings. The summed E-state index contributed by atoms with van der Waals surface area (Å²) in [5, 5.41) is 13.5. The summed E-state index contributed by atoms with van der Waals surface area (Å²) in [5.74, 6) is 0.113. The van der Waals surface area contributed by atoms with Crippen LogP contribution in [-0.4, -0.2) is 58.2 Å². The van der Waals surface area contributed by atoms with E-state index in [9.17, 15) is 14.7 Å². The molecular formula is C18H28N4O3. The molecule has 7 nitrogen and oxygen atoms in total. The summed E-state index contributed by atoms with van der Waals surface area (Å²) in [4.78, 5) is 32.6. The number of likely N-dealkylation sites (tertiary alicyclic amines) is 1. The molecule has 0 saturated carbocycles. The molecule has 2 fully saturated rings. The highest BCUT2D eigenvalue weighted by Gasteiger charge is 2.45. The van der Waals surface area contributed by atoms with Crippen LogP contribution in [-0.2, 0) is 11.2 Å². The van der Waals surface area contributed by atoms with E-state index >= 15 is 0 Å². The van der Waals surface area contributed by atoms with Crippen molar-refractivity contribution in [1.29, 1.82) is 0 Å². The molecule has 1 amide bonds. The smallest absolute Gasteiger partial charge is 0.345 e. The Kier molecular flexibility index (Phi) is 5.24. The van der Waals surface area contributed by atoms with Gasteiger partial charge in [0.05, 0.1) is 6.61 Å². The van der Waals surface area contributed by atoms with E-state index in [0.29, 0.717) is 31.1 Å². The van der Waals surface area contributed by atoms with Crippen LogP contribution in [0.3, 0.4) is 0 Å². The summed E-state index contributed by atoms with van der Waals surface area (Å²) < 4.78 is 0. The number of nitrogens with zero attached hydrogens (tertiary/aromatic N) is 2. The summed E-state index contributed by atoms with van der Waals surface area (Å²) >= 11 is 0. The first-order chi connectivity index (χ1) is 11.9. The number of carbonyl (C=O) groups is 1. The number of fused-ring (bicyclic) bond motifs is 1. The minimum absolute atomic E-state index is 0.113. The van der Waals surface area contributed by atoms with Crippen LogP contribution in [0.5, 0.6) is 0 Å². The van der Waals surface area contributed by atoms with E-state index in [2.05, 4.69) is 15.3 Å². The predicted octanol–water partition coefficient (Wildman–Crippen LogP) is 0.282. The first kappa shape index (κ1) is 18.1. The van der Waals surface area contributed by atoms with Crippen LogP contribution < -0.4 is 11.0 Å². The molecule has 3 N–H and O–H groups in total. The molecule has 3 rings (SSSR count). The fraction of sp³-hybridized carbons (Fsp3) is 0.722. The van der Waals surface area contributed by atoms with E-state index in [4.69, 9.17) is 0 Å². The minimum atomic E-state index is -0.346. The Bertz CT molecular complexity index is 676. The van der Waals surface area contributed by atoms with Gasteiger partial charge in [0.15, 0.2) is 0 Å². The molecule has 2 aliphatic rings. The molecule has 0 radical (unpaired) electrons. The number of aryl methyl sites for hydroxylation is 2. The zero-order valence-electron chi connectivity index (χ0n) is 15.1. The Morgan fingerprint density at radius 3 is 2.96 bits per heavy atom. The second kappa shape index (κ2) is 7.25. The minimum Gasteiger partial charge on any atom is -0.396 e. The van der Waals surface area contributed by atoms with Gasteiger partial charge in [0, 0.05) is 42.4 Å². The molecule has 0 aliphatic carbocycles. The van der Waals surface area contributed by atoms with Crippen molar-refractivity contribution in [3.63, 3.8) is 0 Å². The molecule has 2 aliphatic heterocycles. The van der Waals surface area contributed by atoms with Gasteiger partial charge in [0.1, 0.15) is 0 Å². The lowest BCUT2D eigenvalue weighted by Crippen LogP contribution is -2.62. The lowest BCUT2D eigenvalue weighted by molar-refractivity contribution is -0.137. The maximum absolute atomic E-state index is 12.7. The summed E-state index contributed by atoms with van der Waals surface area (Å²) in [6, 6.07) is 0.309. The molecule has 0 spiro atoms. The number of piperidine rings is 2. The van der Waals surface area contributed by atoms with E-state index in [-0.39, 0.29) is 23.6 Å². The Balaban J connectivity index is 1.65. The lowest BCUT2D eigenvalue weighted by Gasteiger charge is -2.50. The molecule has 0 unspecified atom stereocenters. The van der Waals surface area contributed by atoms with Crippen LogP contribution in [0.25, 0.3) is 0 Å². The number of aliphatic hydroxyl groups excluding tert-OH is 1. The van der Waals surface area contributed by atoms with Gasteiger partial charge >= 0.3 is 5.69 Å². The number of aromatic amines is 1. The lowest BCUT2D eigenvalue weighted by atomic mass is 9.70. The SMILES string of the molecule is Cc1nc(=O)[nH]c(C)c1CCC(=O)N1CC[C@H]2NCCC[C@]2(CO)C1. The molecule has 1 aromatic heterocycles. The second-order valence-corrected chi connectivity index (χ2v) is 7.47. The molecule has 0 aromatic carbocycles. The monoisotopic (exact) mass is 348 g/mol. The van der Waals surface area contributed by atoms with Crippen LogP contribution in [0.4, 0.5) is 0 Å². The van der Waals surface area contributed by atoms with E-state index in [0.717, 1.165) is 43.6 Å². The van der Waals surface area contributed by atoms with Crippen molar-refractivity contribution in [2.24, 2.45) is 5.41 Å². The maximum Gasteiger partial charge on any atom is 0.345 e. The fourth-order valence-electron chi connectivity index (χ4n) is 4.41. The average molecular weight is 348 g/mol. The number of amides is 1. The normalized spacial score (nSPS) is 26.4. The third-order valence-corrected chi connectivity index (χ3v) is 5.88. The fourth-order valence-corrected chi connectivity index (χ4v) is 4.41. The van der Waals surface area contributed by atoms with Gasteiger partial charge in [-0.15, -0.1) is 0 Å². The summed E-state index contributed by atoms with van der Waals surface area (Å²) in [6.45, 7) is 6.13. The topological polar surface area (TPSA) is 98.3 Å². The van der Waals surface area contributed by atoms with Gasteiger partial charge in [-0.2, -0.15) is 4.98 Å². The number of hydrogen-bond acceptors (Lipinski definition) is 5. The van der Waals surface area contributed by atoms with Gasteiger partial charge in [-0.1, -0.05) is 0 Å². The van der Waals surface area contributed by atoms with Crippen molar-refractivity contribution in [1.82, 2.24) is 20.2 Å². The number of carbonyl (C=O) groups excluding carboxylic acids is 1. The van der Waals surface area contributed by atoms with Crippen LogP contribution in [0.1, 0.15) is 42.6 Å². The predicted molar refractivity (Wildman–Crippen MR) is 94.4 cm³/mol. The van der Waals surface area contributed by atoms with Crippen molar-refractivity contribution in [3.8, 4) is 0 Å². The average Bonchev–Trinajstić information content (AvgIpc) is 2.60. The number of aromatic nitrogens is 2. The van der Waals surface area contributed by atoms with Crippen LogP contribution >= 0.6 is 0 Å². The van der Waals surface area contributed by atoms with Gasteiger partial charge in [0.25, 0.3) is 0 Å². The number of nitrogens with one attached hydrogen (secondary N) is 2. The van der Waals surface area contributed by atoms with E-state index in [1.165, 1.54) is 0 Å². The van der Waals surface area contributed by atoms with Crippen molar-refractivity contribution in [2.45, 2.75) is 52.0 Å². The summed E-state index contributed by atoms with van der Waals surface area (Å²) in [7, 11) is 0. The van der Waals surface area contributed by atoms with Gasteiger partial charge < -0.3 is 20.3 Å². The Labute approximate surface area is 147 Å². The molecule has 2 atom stereocenters. The molecular weight excluding hydrogens is 320 g/mol. The Morgan fingerprint density at radius 2 is 2.24 bits per heavy atom. The Morgan fingerprint density at radius 1 is 1.44 bits per heavy atom. The third-order valence-electron chi connectivity index (χ3n) is 5.88. The van der Waals surface area contributed by atoms with Crippen molar-refractivity contribution in [3.05, 3.63) is 27.4 Å². The van der Waals surface area contributed by atoms with Crippen molar-refractivity contribution < 1.29 is 9.90 Å². The van der Waals surface area contributed by atoms with Crippen molar-refractivity contribution >= 4 is 5.91 Å². The van der Waals surface area contributed by atoms with E-state index in [1.54, 1.807) is 0 Å². The summed E-state index contributed by atoms with van der Waals surface area (Å²) in [5.41, 5.74) is 1.88. The largest absolute Gasteiger partial charge is 0.396 e. The Hall–Kier alpha value is -1.73. The van der Waals surface area contributed by atoms with Crippen LogP contribution in [0.15, 0.2) is 4.79 Å². The van der Waals surface area contributed by atoms with Crippen LogP contribution in [0, 0.1) is 19.3 Å². The van der Waals surface area contributed by atoms with E-state index < -0.39 is 0 Å². The highest BCUT2D eigenvalue weighted by molar-refractivity contribution is 5.76. The van der Waals surface area contributed by atoms with Gasteiger partial charge in [-0.3, -0.25) is 4.79 Å². The quantitative estimate of drug-likeness (QED) is 0.726. The molecule has 0 bridgehead atoms. The molecule has 25 heavy (non-hydrogen) atoms. The van der Waals surface area contributed by atoms with E-state index in [1.807, 2.05) is 18.7 Å². The first-order valence-corrected chi connectivity index (χ1v) is 9.13. The first-order valence-electron chi connectivity index (χ1n) is 9.13. The van der Waals surface area contributed by atoms with Gasteiger partial charge in [-0.05, 0) is 51.6 Å². The summed E-state index contributed by atoms with van der Waals surface area (Å²) in [6.07, 6.45) is 3.87. The van der Waals surface area contributed by atoms with Crippen LogP contribution in [0.2, 0.25) is 0 Å². The third kappa shape index (κ3) is 3.62. The van der Waals surface area contributed by atoms with Gasteiger partial charge in [0.2, 0.25) is 5.91 Å². The van der Waals surface area contributed by atoms with Crippen molar-refractivity contribution in [2.75, 3.05) is 26.2 Å².